The minimum atomic E-state index is -1.02. The Kier molecular flexibility index (Phi) is 3.24. The van der Waals surface area contributed by atoms with Crippen LogP contribution in [0.15, 0.2) is 46.9 Å². The Hall–Kier alpha value is -1.84. The molecule has 3 rings (SSSR count). The summed E-state index contributed by atoms with van der Waals surface area (Å²) in [6, 6.07) is 11.6. The van der Waals surface area contributed by atoms with Gasteiger partial charge in [-0.1, -0.05) is 35.9 Å². The molecular formula is C16H12ClFO2. The number of para-hydroxylation sites is 1. The predicted octanol–water partition coefficient (Wildman–Crippen LogP) is 4.62. The van der Waals surface area contributed by atoms with E-state index >= 15 is 0 Å². The van der Waals surface area contributed by atoms with Crippen molar-refractivity contribution in [3.8, 4) is 0 Å². The molecule has 0 radical (unpaired) electrons. The van der Waals surface area contributed by atoms with Crippen LogP contribution in [0.5, 0.6) is 0 Å². The number of fused-ring (bicyclic) bond motifs is 1. The fourth-order valence-corrected chi connectivity index (χ4v) is 2.53. The van der Waals surface area contributed by atoms with E-state index in [0.717, 1.165) is 5.56 Å². The Bertz CT molecular complexity index is 779. The van der Waals surface area contributed by atoms with Crippen LogP contribution in [0.25, 0.3) is 11.0 Å². The largest absolute Gasteiger partial charge is 0.455 e. The van der Waals surface area contributed by atoms with Crippen molar-refractivity contribution in [3.05, 3.63) is 70.2 Å². The lowest BCUT2D eigenvalue weighted by Gasteiger charge is -2.10. The van der Waals surface area contributed by atoms with Crippen molar-refractivity contribution in [2.45, 2.75) is 13.0 Å². The number of benzene rings is 2. The van der Waals surface area contributed by atoms with E-state index in [1.807, 2.05) is 13.0 Å². The van der Waals surface area contributed by atoms with Crippen molar-refractivity contribution in [1.82, 2.24) is 0 Å². The molecule has 0 saturated carbocycles. The molecule has 0 aliphatic rings. The summed E-state index contributed by atoms with van der Waals surface area (Å²) in [5.41, 5.74) is 1.68. The van der Waals surface area contributed by atoms with Crippen molar-refractivity contribution in [2.24, 2.45) is 0 Å². The van der Waals surface area contributed by atoms with E-state index in [1.54, 1.807) is 30.3 Å². The molecule has 1 aromatic heterocycles. The first kappa shape index (κ1) is 13.2. The Morgan fingerprint density at radius 3 is 2.70 bits per heavy atom. The van der Waals surface area contributed by atoms with E-state index in [4.69, 9.17) is 16.0 Å². The molecule has 0 aliphatic carbocycles. The summed E-state index contributed by atoms with van der Waals surface area (Å²) in [5.74, 6) is -0.174. The van der Waals surface area contributed by atoms with Crippen LogP contribution in [0, 0.1) is 12.7 Å². The maximum absolute atomic E-state index is 13.6. The number of hydrogen-bond donors (Lipinski definition) is 1. The topological polar surface area (TPSA) is 33.4 Å². The zero-order valence-corrected chi connectivity index (χ0v) is 11.5. The average molecular weight is 291 g/mol. The zero-order valence-electron chi connectivity index (χ0n) is 10.7. The minimum Gasteiger partial charge on any atom is -0.455 e. The highest BCUT2D eigenvalue weighted by Crippen LogP contribution is 2.32. The van der Waals surface area contributed by atoms with Gasteiger partial charge in [0.25, 0.3) is 0 Å². The van der Waals surface area contributed by atoms with Gasteiger partial charge in [0.15, 0.2) is 11.4 Å². The first-order valence-electron chi connectivity index (χ1n) is 6.18. The van der Waals surface area contributed by atoms with E-state index in [0.29, 0.717) is 16.0 Å². The van der Waals surface area contributed by atoms with E-state index in [9.17, 15) is 9.50 Å². The summed E-state index contributed by atoms with van der Waals surface area (Å²) >= 11 is 6.13. The predicted molar refractivity (Wildman–Crippen MR) is 76.4 cm³/mol. The molecule has 0 saturated heterocycles. The van der Waals surface area contributed by atoms with Crippen molar-refractivity contribution >= 4 is 22.6 Å². The van der Waals surface area contributed by atoms with Crippen LogP contribution in [-0.2, 0) is 0 Å². The van der Waals surface area contributed by atoms with Gasteiger partial charge in [-0.05, 0) is 30.7 Å². The molecule has 4 heteroatoms. The lowest BCUT2D eigenvalue weighted by molar-refractivity contribution is 0.192. The molecular weight excluding hydrogens is 279 g/mol. The maximum atomic E-state index is 13.6. The van der Waals surface area contributed by atoms with E-state index in [-0.39, 0.29) is 11.3 Å². The smallest absolute Gasteiger partial charge is 0.170 e. The van der Waals surface area contributed by atoms with Crippen LogP contribution in [0.2, 0.25) is 5.02 Å². The average Bonchev–Trinajstić information content (AvgIpc) is 2.83. The summed E-state index contributed by atoms with van der Waals surface area (Å²) in [5, 5.41) is 11.4. The molecule has 3 aromatic rings. The Labute approximate surface area is 120 Å². The van der Waals surface area contributed by atoms with Gasteiger partial charge in [0.2, 0.25) is 0 Å². The fraction of sp³-hybridized carbons (Fsp3) is 0.125. The number of rotatable bonds is 2. The second-order valence-electron chi connectivity index (χ2n) is 4.73. The van der Waals surface area contributed by atoms with Crippen LogP contribution < -0.4 is 0 Å². The number of hydrogen-bond acceptors (Lipinski definition) is 2. The van der Waals surface area contributed by atoms with Gasteiger partial charge >= 0.3 is 0 Å². The summed E-state index contributed by atoms with van der Waals surface area (Å²) in [4.78, 5) is 0. The van der Waals surface area contributed by atoms with Gasteiger partial charge < -0.3 is 9.52 Å². The molecule has 102 valence electrons. The first-order chi connectivity index (χ1) is 9.56. The lowest BCUT2D eigenvalue weighted by Crippen LogP contribution is -1.99. The second kappa shape index (κ2) is 4.93. The van der Waals surface area contributed by atoms with Crippen molar-refractivity contribution in [1.29, 1.82) is 0 Å². The quantitative estimate of drug-likeness (QED) is 0.747. The molecule has 1 atom stereocenters. The van der Waals surface area contributed by atoms with Gasteiger partial charge in [0.05, 0.1) is 0 Å². The second-order valence-corrected chi connectivity index (χ2v) is 5.14. The standard InChI is InChI=1S/C16H12ClFO2/c1-9-5-6-11(12(17)7-9)15(19)14-8-10-3-2-4-13(18)16(10)20-14/h2-8,15,19H,1H3. The third-order valence-electron chi connectivity index (χ3n) is 3.24. The van der Waals surface area contributed by atoms with Gasteiger partial charge in [-0.2, -0.15) is 0 Å². The number of halogens is 2. The molecule has 20 heavy (non-hydrogen) atoms. The first-order valence-corrected chi connectivity index (χ1v) is 6.56. The van der Waals surface area contributed by atoms with E-state index in [1.165, 1.54) is 6.07 Å². The number of aliphatic hydroxyl groups is 1. The molecule has 0 fully saturated rings. The third-order valence-corrected chi connectivity index (χ3v) is 3.56. The highest BCUT2D eigenvalue weighted by Gasteiger charge is 2.19. The van der Waals surface area contributed by atoms with Crippen LogP contribution in [0.1, 0.15) is 23.0 Å². The molecule has 1 unspecified atom stereocenters. The maximum Gasteiger partial charge on any atom is 0.170 e. The Morgan fingerprint density at radius 2 is 2.00 bits per heavy atom. The van der Waals surface area contributed by atoms with Gasteiger partial charge in [-0.3, -0.25) is 0 Å². The summed E-state index contributed by atoms with van der Waals surface area (Å²) in [6.45, 7) is 1.92. The monoisotopic (exact) mass is 290 g/mol. The summed E-state index contributed by atoms with van der Waals surface area (Å²) < 4.78 is 19.0. The number of aryl methyl sites for hydroxylation is 1. The molecule has 0 aliphatic heterocycles. The fourth-order valence-electron chi connectivity index (χ4n) is 2.19. The lowest BCUT2D eigenvalue weighted by atomic mass is 10.1. The van der Waals surface area contributed by atoms with Gasteiger partial charge in [-0.15, -0.1) is 0 Å². The zero-order chi connectivity index (χ0) is 14.3. The highest BCUT2D eigenvalue weighted by atomic mass is 35.5. The van der Waals surface area contributed by atoms with E-state index in [2.05, 4.69) is 0 Å². The van der Waals surface area contributed by atoms with Crippen molar-refractivity contribution in [3.63, 3.8) is 0 Å². The molecule has 0 spiro atoms. The summed E-state index contributed by atoms with van der Waals surface area (Å²) in [7, 11) is 0. The van der Waals surface area contributed by atoms with Gasteiger partial charge in [-0.25, -0.2) is 4.39 Å². The van der Waals surface area contributed by atoms with Crippen LogP contribution in [0.3, 0.4) is 0 Å². The molecule has 2 nitrogen and oxygen atoms in total. The highest BCUT2D eigenvalue weighted by molar-refractivity contribution is 6.31. The number of furan rings is 1. The van der Waals surface area contributed by atoms with Gasteiger partial charge in [0, 0.05) is 16.0 Å². The molecule has 2 aromatic carbocycles. The SMILES string of the molecule is Cc1ccc(C(O)c2cc3cccc(F)c3o2)c(Cl)c1. The normalized spacial score (nSPS) is 12.8. The Balaban J connectivity index is 2.08. The van der Waals surface area contributed by atoms with Crippen LogP contribution in [0.4, 0.5) is 4.39 Å². The molecule has 1 N–H and O–H groups in total. The molecule has 0 bridgehead atoms. The van der Waals surface area contributed by atoms with Crippen LogP contribution >= 0.6 is 11.6 Å². The summed E-state index contributed by atoms with van der Waals surface area (Å²) in [6.07, 6.45) is -1.02. The van der Waals surface area contributed by atoms with Crippen molar-refractivity contribution in [2.75, 3.05) is 0 Å². The minimum absolute atomic E-state index is 0.143. The van der Waals surface area contributed by atoms with E-state index < -0.39 is 11.9 Å². The Morgan fingerprint density at radius 1 is 1.20 bits per heavy atom. The molecule has 1 heterocycles. The van der Waals surface area contributed by atoms with Crippen LogP contribution in [-0.4, -0.2) is 5.11 Å². The number of aliphatic hydroxyl groups excluding tert-OH is 1. The van der Waals surface area contributed by atoms with Crippen molar-refractivity contribution < 1.29 is 13.9 Å². The third kappa shape index (κ3) is 2.19. The van der Waals surface area contributed by atoms with Gasteiger partial charge in [0.1, 0.15) is 11.9 Å². The molecule has 0 amide bonds.